The second kappa shape index (κ2) is 5.85. The molecule has 1 fully saturated rings. The van der Waals surface area contributed by atoms with Crippen molar-refractivity contribution in [2.24, 2.45) is 0 Å². The summed E-state index contributed by atoms with van der Waals surface area (Å²) in [5, 5.41) is 2.94. The van der Waals surface area contributed by atoms with Crippen LogP contribution in [-0.4, -0.2) is 34.7 Å². The van der Waals surface area contributed by atoms with Crippen molar-refractivity contribution >= 4 is 16.9 Å². The molecule has 0 unspecified atom stereocenters. The normalized spacial score (nSPS) is 18.3. The lowest BCUT2D eigenvalue weighted by molar-refractivity contribution is -0.122. The summed E-state index contributed by atoms with van der Waals surface area (Å²) in [4.78, 5) is 16.4. The molecule has 0 aliphatic carbocycles. The van der Waals surface area contributed by atoms with Gasteiger partial charge in [-0.15, -0.1) is 0 Å². The van der Waals surface area contributed by atoms with Crippen molar-refractivity contribution < 1.29 is 9.53 Å². The van der Waals surface area contributed by atoms with Crippen molar-refractivity contribution in [2.45, 2.75) is 39.3 Å². The van der Waals surface area contributed by atoms with Gasteiger partial charge in [-0.05, 0) is 49.9 Å². The second-order valence-corrected chi connectivity index (χ2v) is 5.74. The molecule has 1 amide bonds. The number of fused-ring (bicyclic) bond motifs is 1. The third-order valence-electron chi connectivity index (χ3n) is 4.10. The monoisotopic (exact) mass is 287 g/mol. The Balaban J connectivity index is 1.66. The summed E-state index contributed by atoms with van der Waals surface area (Å²) in [5.74, 6) is 0.00280. The third-order valence-corrected chi connectivity index (χ3v) is 4.10. The van der Waals surface area contributed by atoms with E-state index < -0.39 is 0 Å². The number of aryl methyl sites for hydroxylation is 2. The van der Waals surface area contributed by atoms with E-state index >= 15 is 0 Å². The highest BCUT2D eigenvalue weighted by atomic mass is 16.5. The molecule has 0 saturated carbocycles. The molecule has 5 heteroatoms. The lowest BCUT2D eigenvalue weighted by Crippen LogP contribution is -2.34. The number of carbonyl (C=O) groups excluding carboxylic acids is 1. The quantitative estimate of drug-likeness (QED) is 0.935. The molecule has 1 aromatic heterocycles. The highest BCUT2D eigenvalue weighted by Crippen LogP contribution is 2.18. The predicted octanol–water partition coefficient (Wildman–Crippen LogP) is 1.95. The maximum Gasteiger partial charge on any atom is 0.240 e. The summed E-state index contributed by atoms with van der Waals surface area (Å²) in [5.41, 5.74) is 4.37. The summed E-state index contributed by atoms with van der Waals surface area (Å²) in [6.45, 7) is 5.85. The molecule has 1 saturated heterocycles. The van der Waals surface area contributed by atoms with Crippen LogP contribution in [0.25, 0.3) is 11.0 Å². The van der Waals surface area contributed by atoms with Crippen molar-refractivity contribution in [3.05, 3.63) is 29.6 Å². The van der Waals surface area contributed by atoms with E-state index in [0.717, 1.165) is 30.5 Å². The molecule has 2 aromatic rings. The first-order valence-electron chi connectivity index (χ1n) is 7.44. The standard InChI is InChI=1S/C16H21N3O2/c1-11-6-14-15(7-12(11)2)19(10-18-14)9-16(20)17-8-13-4-3-5-21-13/h6-7,10,13H,3-5,8-9H2,1-2H3,(H,17,20)/t13-/m1/s1. The van der Waals surface area contributed by atoms with Crippen molar-refractivity contribution in [3.63, 3.8) is 0 Å². The number of ether oxygens (including phenoxy) is 1. The first kappa shape index (κ1) is 14.1. The number of benzene rings is 1. The molecule has 1 aliphatic heterocycles. The number of carbonyl (C=O) groups is 1. The van der Waals surface area contributed by atoms with Gasteiger partial charge in [0.15, 0.2) is 0 Å². The topological polar surface area (TPSA) is 56.2 Å². The van der Waals surface area contributed by atoms with Crippen LogP contribution in [0.15, 0.2) is 18.5 Å². The number of hydrogen-bond acceptors (Lipinski definition) is 3. The third kappa shape index (κ3) is 3.08. The van der Waals surface area contributed by atoms with Gasteiger partial charge in [-0.25, -0.2) is 4.98 Å². The van der Waals surface area contributed by atoms with Gasteiger partial charge >= 0.3 is 0 Å². The number of rotatable bonds is 4. The number of imidazole rings is 1. The maximum absolute atomic E-state index is 12.0. The van der Waals surface area contributed by atoms with E-state index in [1.807, 2.05) is 4.57 Å². The van der Waals surface area contributed by atoms with E-state index in [9.17, 15) is 4.79 Å². The van der Waals surface area contributed by atoms with Gasteiger partial charge < -0.3 is 14.6 Å². The maximum atomic E-state index is 12.0. The Kier molecular flexibility index (Phi) is 3.92. The van der Waals surface area contributed by atoms with Crippen molar-refractivity contribution in [2.75, 3.05) is 13.2 Å². The zero-order valence-corrected chi connectivity index (χ0v) is 12.6. The molecule has 5 nitrogen and oxygen atoms in total. The average Bonchev–Trinajstić information content (AvgIpc) is 3.09. The molecule has 1 aliphatic rings. The average molecular weight is 287 g/mol. The van der Waals surface area contributed by atoms with Crippen LogP contribution in [0.5, 0.6) is 0 Å². The Morgan fingerprint density at radius 2 is 2.24 bits per heavy atom. The van der Waals surface area contributed by atoms with Gasteiger partial charge in [0.05, 0.1) is 23.5 Å². The SMILES string of the molecule is Cc1cc2ncn(CC(=O)NC[C@H]3CCCO3)c2cc1C. The van der Waals surface area contributed by atoms with Gasteiger partial charge in [0.25, 0.3) is 0 Å². The largest absolute Gasteiger partial charge is 0.376 e. The van der Waals surface area contributed by atoms with Crippen molar-refractivity contribution in [3.8, 4) is 0 Å². The Bertz CT molecular complexity index is 657. The van der Waals surface area contributed by atoms with Crippen LogP contribution >= 0.6 is 0 Å². The summed E-state index contributed by atoms with van der Waals surface area (Å²) in [6, 6.07) is 4.15. The van der Waals surface area contributed by atoms with E-state index in [-0.39, 0.29) is 12.0 Å². The lowest BCUT2D eigenvalue weighted by Gasteiger charge is -2.11. The molecule has 1 aromatic carbocycles. The van der Waals surface area contributed by atoms with Crippen LogP contribution in [-0.2, 0) is 16.1 Å². The van der Waals surface area contributed by atoms with E-state index in [0.29, 0.717) is 13.1 Å². The molecule has 1 N–H and O–H groups in total. The Morgan fingerprint density at radius 3 is 3.00 bits per heavy atom. The van der Waals surface area contributed by atoms with Gasteiger partial charge in [0, 0.05) is 13.2 Å². The molecule has 3 rings (SSSR count). The van der Waals surface area contributed by atoms with Crippen LogP contribution in [0, 0.1) is 13.8 Å². The summed E-state index contributed by atoms with van der Waals surface area (Å²) >= 11 is 0. The highest BCUT2D eigenvalue weighted by Gasteiger charge is 2.16. The Hall–Kier alpha value is -1.88. The lowest BCUT2D eigenvalue weighted by atomic mass is 10.1. The van der Waals surface area contributed by atoms with Gasteiger partial charge in [-0.2, -0.15) is 0 Å². The van der Waals surface area contributed by atoms with Crippen LogP contribution in [0.3, 0.4) is 0 Å². The van der Waals surface area contributed by atoms with E-state index in [4.69, 9.17) is 4.74 Å². The second-order valence-electron chi connectivity index (χ2n) is 5.74. The minimum absolute atomic E-state index is 0.00280. The van der Waals surface area contributed by atoms with E-state index in [1.54, 1.807) is 6.33 Å². The number of nitrogens with one attached hydrogen (secondary N) is 1. The molecular weight excluding hydrogens is 266 g/mol. The van der Waals surface area contributed by atoms with Gasteiger partial charge in [-0.3, -0.25) is 4.79 Å². The molecule has 0 radical (unpaired) electrons. The first-order valence-corrected chi connectivity index (χ1v) is 7.44. The predicted molar refractivity (Wildman–Crippen MR) is 81.2 cm³/mol. The molecule has 21 heavy (non-hydrogen) atoms. The number of amides is 1. The fourth-order valence-electron chi connectivity index (χ4n) is 2.68. The van der Waals surface area contributed by atoms with Gasteiger partial charge in [0.2, 0.25) is 5.91 Å². The smallest absolute Gasteiger partial charge is 0.240 e. The van der Waals surface area contributed by atoms with E-state index in [2.05, 4.69) is 36.3 Å². The van der Waals surface area contributed by atoms with E-state index in [1.165, 1.54) is 11.1 Å². The van der Waals surface area contributed by atoms with Crippen LogP contribution in [0.1, 0.15) is 24.0 Å². The summed E-state index contributed by atoms with van der Waals surface area (Å²) < 4.78 is 7.40. The minimum atomic E-state index is 0.00280. The Labute approximate surface area is 124 Å². The van der Waals surface area contributed by atoms with Crippen molar-refractivity contribution in [1.82, 2.24) is 14.9 Å². The van der Waals surface area contributed by atoms with Crippen LogP contribution in [0.2, 0.25) is 0 Å². The first-order chi connectivity index (χ1) is 10.1. The number of aromatic nitrogens is 2. The number of nitrogens with zero attached hydrogens (tertiary/aromatic N) is 2. The minimum Gasteiger partial charge on any atom is -0.376 e. The van der Waals surface area contributed by atoms with Gasteiger partial charge in [0.1, 0.15) is 6.54 Å². The zero-order valence-electron chi connectivity index (χ0n) is 12.6. The Morgan fingerprint density at radius 1 is 1.43 bits per heavy atom. The molecular formula is C16H21N3O2. The fraction of sp³-hybridized carbons (Fsp3) is 0.500. The molecule has 2 heterocycles. The van der Waals surface area contributed by atoms with Gasteiger partial charge in [-0.1, -0.05) is 0 Å². The molecule has 1 atom stereocenters. The zero-order chi connectivity index (χ0) is 14.8. The fourth-order valence-corrected chi connectivity index (χ4v) is 2.68. The summed E-state index contributed by atoms with van der Waals surface area (Å²) in [7, 11) is 0. The molecule has 0 bridgehead atoms. The van der Waals surface area contributed by atoms with Crippen LogP contribution in [0.4, 0.5) is 0 Å². The molecule has 0 spiro atoms. The highest BCUT2D eigenvalue weighted by molar-refractivity contribution is 5.81. The molecule has 112 valence electrons. The number of hydrogen-bond donors (Lipinski definition) is 1. The van der Waals surface area contributed by atoms with Crippen molar-refractivity contribution in [1.29, 1.82) is 0 Å². The summed E-state index contributed by atoms with van der Waals surface area (Å²) in [6.07, 6.45) is 4.03. The van der Waals surface area contributed by atoms with Crippen LogP contribution < -0.4 is 5.32 Å².